The largest absolute Gasteiger partial charge is 0.496 e. The summed E-state index contributed by atoms with van der Waals surface area (Å²) in [5, 5.41) is -0.123. The molecule has 0 saturated heterocycles. The maximum atomic E-state index is 6.53. The van der Waals surface area contributed by atoms with Gasteiger partial charge in [0.2, 0.25) is 0 Å². The summed E-state index contributed by atoms with van der Waals surface area (Å²) in [6.07, 6.45) is 0.758. The summed E-state index contributed by atoms with van der Waals surface area (Å²) in [6, 6.07) is 14.1. The molecule has 100 valence electrons. The fourth-order valence-electron chi connectivity index (χ4n) is 1.93. The minimum atomic E-state index is -0.123. The second-order valence-electron chi connectivity index (χ2n) is 4.19. The first kappa shape index (κ1) is 14.9. The average molecular weight is 405 g/mol. The maximum absolute atomic E-state index is 6.53. The number of benzene rings is 2. The molecule has 2 rings (SSSR count). The summed E-state index contributed by atoms with van der Waals surface area (Å²) in [5.74, 6) is 0.818. The van der Waals surface area contributed by atoms with E-state index in [9.17, 15) is 0 Å². The molecule has 0 bridgehead atoms. The monoisotopic (exact) mass is 402 g/mol. The van der Waals surface area contributed by atoms with Crippen molar-refractivity contribution in [3.05, 3.63) is 62.5 Å². The van der Waals surface area contributed by atoms with E-state index >= 15 is 0 Å². The molecule has 4 heteroatoms. The van der Waals surface area contributed by atoms with Gasteiger partial charge in [-0.1, -0.05) is 44.0 Å². The van der Waals surface area contributed by atoms with E-state index in [2.05, 4.69) is 44.0 Å². The highest BCUT2D eigenvalue weighted by Crippen LogP contribution is 2.34. The van der Waals surface area contributed by atoms with E-state index in [-0.39, 0.29) is 5.38 Å². The molecule has 1 nitrogen and oxygen atoms in total. The SMILES string of the molecule is COc1ccc(Br)cc1C(Cl)Cc1cccc(Br)c1. The first-order valence-corrected chi connectivity index (χ1v) is 7.84. The van der Waals surface area contributed by atoms with Crippen molar-refractivity contribution >= 4 is 43.5 Å². The van der Waals surface area contributed by atoms with Gasteiger partial charge in [-0.2, -0.15) is 0 Å². The number of hydrogen-bond donors (Lipinski definition) is 0. The fraction of sp³-hybridized carbons (Fsp3) is 0.200. The number of halogens is 3. The van der Waals surface area contributed by atoms with Crippen LogP contribution in [-0.2, 0) is 6.42 Å². The van der Waals surface area contributed by atoms with Crippen LogP contribution in [0.25, 0.3) is 0 Å². The van der Waals surface area contributed by atoms with E-state index in [0.717, 1.165) is 26.7 Å². The van der Waals surface area contributed by atoms with Gasteiger partial charge in [0.15, 0.2) is 0 Å². The van der Waals surface area contributed by atoms with Gasteiger partial charge in [-0.3, -0.25) is 0 Å². The molecule has 0 N–H and O–H groups in total. The molecule has 0 saturated carbocycles. The Morgan fingerprint density at radius 1 is 1.11 bits per heavy atom. The lowest BCUT2D eigenvalue weighted by Crippen LogP contribution is -1.99. The lowest BCUT2D eigenvalue weighted by atomic mass is 10.0. The minimum Gasteiger partial charge on any atom is -0.496 e. The smallest absolute Gasteiger partial charge is 0.123 e. The molecule has 0 amide bonds. The first-order chi connectivity index (χ1) is 9.10. The molecule has 0 aromatic heterocycles. The van der Waals surface area contributed by atoms with Crippen molar-refractivity contribution in [1.29, 1.82) is 0 Å². The molecule has 0 aliphatic carbocycles. The highest BCUT2D eigenvalue weighted by atomic mass is 79.9. The predicted octanol–water partition coefficient (Wildman–Crippen LogP) is 5.74. The van der Waals surface area contributed by atoms with Crippen molar-refractivity contribution < 1.29 is 4.74 Å². The molecule has 1 atom stereocenters. The Kier molecular flexibility index (Phi) is 5.31. The van der Waals surface area contributed by atoms with Crippen LogP contribution in [0.2, 0.25) is 0 Å². The Balaban J connectivity index is 2.24. The number of ether oxygens (including phenoxy) is 1. The summed E-state index contributed by atoms with van der Waals surface area (Å²) >= 11 is 13.5. The van der Waals surface area contributed by atoms with Crippen molar-refractivity contribution in [3.63, 3.8) is 0 Å². The number of rotatable bonds is 4. The molecule has 2 aromatic rings. The lowest BCUT2D eigenvalue weighted by molar-refractivity contribution is 0.409. The predicted molar refractivity (Wildman–Crippen MR) is 87.1 cm³/mol. The number of methoxy groups -OCH3 is 1. The van der Waals surface area contributed by atoms with Crippen LogP contribution < -0.4 is 4.74 Å². The summed E-state index contributed by atoms with van der Waals surface area (Å²) in [6.45, 7) is 0. The molecule has 0 aliphatic heterocycles. The molecule has 1 unspecified atom stereocenters. The van der Waals surface area contributed by atoms with Gasteiger partial charge in [0, 0.05) is 14.5 Å². The van der Waals surface area contributed by atoms with Crippen molar-refractivity contribution in [2.75, 3.05) is 7.11 Å². The summed E-state index contributed by atoms with van der Waals surface area (Å²) in [7, 11) is 1.66. The molecule has 0 spiro atoms. The summed E-state index contributed by atoms with van der Waals surface area (Å²) in [5.41, 5.74) is 2.19. The molecule has 0 heterocycles. The van der Waals surface area contributed by atoms with Gasteiger partial charge in [-0.05, 0) is 42.3 Å². The number of hydrogen-bond acceptors (Lipinski definition) is 1. The van der Waals surface area contributed by atoms with Gasteiger partial charge in [0.05, 0.1) is 12.5 Å². The Bertz CT molecular complexity index is 572. The molecular formula is C15H13Br2ClO. The Morgan fingerprint density at radius 2 is 1.84 bits per heavy atom. The van der Waals surface area contributed by atoms with Gasteiger partial charge >= 0.3 is 0 Å². The third kappa shape index (κ3) is 3.98. The van der Waals surface area contributed by atoms with Crippen molar-refractivity contribution in [1.82, 2.24) is 0 Å². The Labute approximate surface area is 135 Å². The van der Waals surface area contributed by atoms with Crippen LogP contribution in [0.1, 0.15) is 16.5 Å². The zero-order valence-corrected chi connectivity index (χ0v) is 14.3. The quantitative estimate of drug-likeness (QED) is 0.590. The first-order valence-electron chi connectivity index (χ1n) is 5.82. The molecule has 0 radical (unpaired) electrons. The zero-order chi connectivity index (χ0) is 13.8. The van der Waals surface area contributed by atoms with Crippen LogP contribution >= 0.6 is 43.5 Å². The third-order valence-electron chi connectivity index (χ3n) is 2.83. The van der Waals surface area contributed by atoms with E-state index in [0.29, 0.717) is 0 Å². The maximum Gasteiger partial charge on any atom is 0.123 e. The summed E-state index contributed by atoms with van der Waals surface area (Å²) < 4.78 is 7.44. The molecule has 2 aromatic carbocycles. The fourth-order valence-corrected chi connectivity index (χ4v) is 3.10. The van der Waals surface area contributed by atoms with E-state index in [1.54, 1.807) is 7.11 Å². The standard InChI is InChI=1S/C15H13Br2ClO/c1-19-15-6-5-12(17)9-13(15)14(18)8-10-3-2-4-11(16)7-10/h2-7,9,14H,8H2,1H3. The van der Waals surface area contributed by atoms with Crippen LogP contribution in [0, 0.1) is 0 Å². The van der Waals surface area contributed by atoms with Gasteiger partial charge in [-0.25, -0.2) is 0 Å². The van der Waals surface area contributed by atoms with Gasteiger partial charge < -0.3 is 4.74 Å². The van der Waals surface area contributed by atoms with Crippen molar-refractivity contribution in [2.24, 2.45) is 0 Å². The topological polar surface area (TPSA) is 9.23 Å². The van der Waals surface area contributed by atoms with E-state index in [1.165, 1.54) is 5.56 Å². The number of alkyl halides is 1. The van der Waals surface area contributed by atoms with Crippen LogP contribution in [0.5, 0.6) is 5.75 Å². The van der Waals surface area contributed by atoms with E-state index in [4.69, 9.17) is 16.3 Å². The normalized spacial score (nSPS) is 12.2. The van der Waals surface area contributed by atoms with Gasteiger partial charge in [0.25, 0.3) is 0 Å². The van der Waals surface area contributed by atoms with Crippen molar-refractivity contribution in [3.8, 4) is 5.75 Å². The van der Waals surface area contributed by atoms with E-state index in [1.807, 2.05) is 30.3 Å². The zero-order valence-electron chi connectivity index (χ0n) is 10.4. The van der Waals surface area contributed by atoms with E-state index < -0.39 is 0 Å². The van der Waals surface area contributed by atoms with Gasteiger partial charge in [-0.15, -0.1) is 11.6 Å². The Hall–Kier alpha value is -0.510. The van der Waals surface area contributed by atoms with Crippen LogP contribution in [-0.4, -0.2) is 7.11 Å². The summed E-state index contributed by atoms with van der Waals surface area (Å²) in [4.78, 5) is 0. The third-order valence-corrected chi connectivity index (χ3v) is 4.21. The highest BCUT2D eigenvalue weighted by Gasteiger charge is 2.14. The second kappa shape index (κ2) is 6.78. The second-order valence-corrected chi connectivity index (χ2v) is 6.55. The van der Waals surface area contributed by atoms with Crippen LogP contribution in [0.3, 0.4) is 0 Å². The van der Waals surface area contributed by atoms with Gasteiger partial charge in [0.1, 0.15) is 5.75 Å². The lowest BCUT2D eigenvalue weighted by Gasteiger charge is -2.14. The Morgan fingerprint density at radius 3 is 2.53 bits per heavy atom. The molecule has 0 aliphatic rings. The van der Waals surface area contributed by atoms with Crippen molar-refractivity contribution in [2.45, 2.75) is 11.8 Å². The van der Waals surface area contributed by atoms with Crippen LogP contribution in [0.4, 0.5) is 0 Å². The van der Waals surface area contributed by atoms with Crippen LogP contribution in [0.15, 0.2) is 51.4 Å². The highest BCUT2D eigenvalue weighted by molar-refractivity contribution is 9.10. The molecular weight excluding hydrogens is 391 g/mol. The average Bonchev–Trinajstić information content (AvgIpc) is 2.38. The molecule has 0 fully saturated rings. The molecule has 19 heavy (non-hydrogen) atoms. The minimum absolute atomic E-state index is 0.123.